The molecule has 0 aliphatic carbocycles. The molecule has 0 amide bonds. The van der Waals surface area contributed by atoms with E-state index in [9.17, 15) is 0 Å². The molecule has 0 saturated heterocycles. The minimum absolute atomic E-state index is 0.233. The van der Waals surface area contributed by atoms with Crippen molar-refractivity contribution >= 4 is 0 Å². The van der Waals surface area contributed by atoms with E-state index in [1.165, 1.54) is 0 Å². The van der Waals surface area contributed by atoms with Gasteiger partial charge in [0.25, 0.3) is 0 Å². The molecular formula is C23H16N4O2. The average molecular weight is 380 g/mol. The predicted octanol–water partition coefficient (Wildman–Crippen LogP) is 4.33. The maximum absolute atomic E-state index is 8.98. The highest BCUT2D eigenvalue weighted by molar-refractivity contribution is 5.78. The first-order valence-electron chi connectivity index (χ1n) is 9.19. The summed E-state index contributed by atoms with van der Waals surface area (Å²) in [5.74, 6) is 2.27. The summed E-state index contributed by atoms with van der Waals surface area (Å²) < 4.78 is 10.9. The molecule has 1 aliphatic heterocycles. The van der Waals surface area contributed by atoms with Crippen LogP contribution in [0.3, 0.4) is 0 Å². The largest absolute Gasteiger partial charge is 0.454 e. The summed E-state index contributed by atoms with van der Waals surface area (Å²) in [6.45, 7) is 0.233. The molecule has 0 spiro atoms. The van der Waals surface area contributed by atoms with Gasteiger partial charge in [-0.05, 0) is 48.0 Å². The van der Waals surface area contributed by atoms with Crippen molar-refractivity contribution < 1.29 is 9.47 Å². The van der Waals surface area contributed by atoms with Gasteiger partial charge in [-0.1, -0.05) is 18.2 Å². The Hall–Kier alpha value is -4.11. The molecule has 1 aliphatic rings. The van der Waals surface area contributed by atoms with Crippen molar-refractivity contribution in [2.75, 3.05) is 6.79 Å². The number of aromatic nitrogens is 3. The van der Waals surface area contributed by atoms with Crippen molar-refractivity contribution in [2.24, 2.45) is 0 Å². The summed E-state index contributed by atoms with van der Waals surface area (Å²) in [7, 11) is 0. The minimum atomic E-state index is 0.233. The molecule has 140 valence electrons. The van der Waals surface area contributed by atoms with E-state index >= 15 is 0 Å². The third-order valence-electron chi connectivity index (χ3n) is 4.77. The lowest BCUT2D eigenvalue weighted by Crippen LogP contribution is -1.92. The molecule has 6 nitrogen and oxygen atoms in total. The second-order valence-electron chi connectivity index (χ2n) is 6.68. The molecule has 0 fully saturated rings. The highest BCUT2D eigenvalue weighted by Crippen LogP contribution is 2.38. The number of H-pyrrole nitrogens is 1. The minimum Gasteiger partial charge on any atom is -0.454 e. The number of ether oxygens (including phenoxy) is 2. The van der Waals surface area contributed by atoms with Crippen molar-refractivity contribution in [3.8, 4) is 40.2 Å². The monoisotopic (exact) mass is 380 g/mol. The summed E-state index contributed by atoms with van der Waals surface area (Å²) in [5, 5.41) is 8.98. The van der Waals surface area contributed by atoms with E-state index in [2.05, 4.69) is 16.0 Å². The van der Waals surface area contributed by atoms with Crippen LogP contribution in [0.5, 0.6) is 11.5 Å². The number of nitrogens with one attached hydrogen (secondary N) is 1. The van der Waals surface area contributed by atoms with Gasteiger partial charge in [0.15, 0.2) is 11.5 Å². The van der Waals surface area contributed by atoms with Crippen LogP contribution in [0.25, 0.3) is 22.6 Å². The Labute approximate surface area is 167 Å². The first-order chi connectivity index (χ1) is 14.3. The van der Waals surface area contributed by atoms with Gasteiger partial charge >= 0.3 is 0 Å². The molecule has 0 bridgehead atoms. The van der Waals surface area contributed by atoms with Gasteiger partial charge in [0.2, 0.25) is 6.79 Å². The lowest BCUT2D eigenvalue weighted by molar-refractivity contribution is 0.174. The summed E-state index contributed by atoms with van der Waals surface area (Å²) in [4.78, 5) is 12.8. The molecule has 5 rings (SSSR count). The molecule has 0 atom stereocenters. The number of rotatable bonds is 4. The van der Waals surface area contributed by atoms with E-state index in [-0.39, 0.29) is 6.79 Å². The number of benzene rings is 2. The van der Waals surface area contributed by atoms with Crippen LogP contribution in [0.15, 0.2) is 66.9 Å². The zero-order valence-corrected chi connectivity index (χ0v) is 15.4. The number of imidazole rings is 1. The predicted molar refractivity (Wildman–Crippen MR) is 107 cm³/mol. The number of aromatic amines is 1. The van der Waals surface area contributed by atoms with Gasteiger partial charge < -0.3 is 14.5 Å². The second-order valence-corrected chi connectivity index (χ2v) is 6.68. The van der Waals surface area contributed by atoms with Crippen LogP contribution in [0, 0.1) is 11.3 Å². The zero-order chi connectivity index (χ0) is 19.6. The number of nitriles is 1. The van der Waals surface area contributed by atoms with Gasteiger partial charge in [0.1, 0.15) is 5.82 Å². The van der Waals surface area contributed by atoms with E-state index in [1.807, 2.05) is 60.7 Å². The first kappa shape index (κ1) is 17.0. The fourth-order valence-corrected chi connectivity index (χ4v) is 3.35. The number of pyridine rings is 1. The molecular weight excluding hydrogens is 364 g/mol. The molecule has 4 aromatic rings. The van der Waals surface area contributed by atoms with Crippen molar-refractivity contribution in [2.45, 2.75) is 6.42 Å². The maximum Gasteiger partial charge on any atom is 0.231 e. The summed E-state index contributed by atoms with van der Waals surface area (Å²) in [6.07, 6.45) is 2.38. The summed E-state index contributed by atoms with van der Waals surface area (Å²) in [5.41, 5.74) is 5.13. The van der Waals surface area contributed by atoms with Crippen LogP contribution in [-0.2, 0) is 6.42 Å². The van der Waals surface area contributed by atoms with Gasteiger partial charge in [-0.2, -0.15) is 5.26 Å². The highest BCUT2D eigenvalue weighted by atomic mass is 16.7. The van der Waals surface area contributed by atoms with Crippen molar-refractivity contribution in [3.05, 3.63) is 83.8 Å². The maximum atomic E-state index is 8.98. The topological polar surface area (TPSA) is 83.8 Å². The molecule has 2 aromatic carbocycles. The van der Waals surface area contributed by atoms with Crippen LogP contribution in [0.2, 0.25) is 0 Å². The van der Waals surface area contributed by atoms with E-state index in [1.54, 1.807) is 6.20 Å². The van der Waals surface area contributed by atoms with Crippen LogP contribution >= 0.6 is 0 Å². The van der Waals surface area contributed by atoms with Crippen molar-refractivity contribution in [3.63, 3.8) is 0 Å². The van der Waals surface area contributed by atoms with Gasteiger partial charge in [0.05, 0.1) is 28.7 Å². The molecule has 0 radical (unpaired) electrons. The van der Waals surface area contributed by atoms with Crippen LogP contribution in [-0.4, -0.2) is 21.7 Å². The van der Waals surface area contributed by atoms with E-state index in [4.69, 9.17) is 19.7 Å². The summed E-state index contributed by atoms with van der Waals surface area (Å²) in [6, 6.07) is 21.3. The van der Waals surface area contributed by atoms with Crippen molar-refractivity contribution in [1.29, 1.82) is 5.26 Å². The molecule has 2 aromatic heterocycles. The van der Waals surface area contributed by atoms with Crippen LogP contribution in [0.1, 0.15) is 17.0 Å². The average Bonchev–Trinajstić information content (AvgIpc) is 3.41. The van der Waals surface area contributed by atoms with E-state index < -0.39 is 0 Å². The third kappa shape index (κ3) is 3.30. The third-order valence-corrected chi connectivity index (χ3v) is 4.77. The quantitative estimate of drug-likeness (QED) is 0.570. The smallest absolute Gasteiger partial charge is 0.231 e. The second kappa shape index (κ2) is 7.13. The van der Waals surface area contributed by atoms with Gasteiger partial charge in [-0.25, -0.2) is 4.98 Å². The number of fused-ring (bicyclic) bond motifs is 1. The Morgan fingerprint density at radius 2 is 1.86 bits per heavy atom. The SMILES string of the molecule is N#Cc1ccc(Cc2nc(-c3ccc4c(c3)OCO4)c(-c3ccccn3)[nH]2)cc1. The molecule has 0 saturated carbocycles. The lowest BCUT2D eigenvalue weighted by atomic mass is 10.1. The van der Waals surface area contributed by atoms with E-state index in [0.29, 0.717) is 17.7 Å². The molecule has 3 heterocycles. The molecule has 29 heavy (non-hydrogen) atoms. The fourth-order valence-electron chi connectivity index (χ4n) is 3.35. The summed E-state index contributed by atoms with van der Waals surface area (Å²) >= 11 is 0. The first-order valence-corrected chi connectivity index (χ1v) is 9.19. The Kier molecular flexibility index (Phi) is 4.19. The highest BCUT2D eigenvalue weighted by Gasteiger charge is 2.19. The Morgan fingerprint density at radius 3 is 2.66 bits per heavy atom. The number of nitrogens with zero attached hydrogens (tertiary/aromatic N) is 3. The number of hydrogen-bond acceptors (Lipinski definition) is 5. The standard InChI is InChI=1S/C23H16N4O2/c24-13-16-6-4-15(5-7-16)11-21-26-22(23(27-21)18-3-1-2-10-25-18)17-8-9-19-20(12-17)29-14-28-19/h1-10,12H,11,14H2,(H,26,27). The molecule has 6 heteroatoms. The molecule has 1 N–H and O–H groups in total. The number of hydrogen-bond donors (Lipinski definition) is 1. The zero-order valence-electron chi connectivity index (χ0n) is 15.4. The van der Waals surface area contributed by atoms with Crippen molar-refractivity contribution in [1.82, 2.24) is 15.0 Å². The van der Waals surface area contributed by atoms with Gasteiger partial charge in [-0.3, -0.25) is 4.98 Å². The lowest BCUT2D eigenvalue weighted by Gasteiger charge is -2.03. The fraction of sp³-hybridized carbons (Fsp3) is 0.0870. The van der Waals surface area contributed by atoms with Crippen LogP contribution < -0.4 is 9.47 Å². The van der Waals surface area contributed by atoms with Gasteiger partial charge in [0, 0.05) is 18.2 Å². The Bertz CT molecular complexity index is 1210. The van der Waals surface area contributed by atoms with E-state index in [0.717, 1.165) is 39.8 Å². The Morgan fingerprint density at radius 1 is 1.00 bits per heavy atom. The van der Waals surface area contributed by atoms with Gasteiger partial charge in [-0.15, -0.1) is 0 Å². The van der Waals surface area contributed by atoms with Crippen LogP contribution in [0.4, 0.5) is 0 Å². The normalized spacial score (nSPS) is 12.0. The Balaban J connectivity index is 1.56. The molecule has 0 unspecified atom stereocenters.